The lowest BCUT2D eigenvalue weighted by molar-refractivity contribution is -0.139. The van der Waals surface area contributed by atoms with E-state index in [1.807, 2.05) is 0 Å². The van der Waals surface area contributed by atoms with Gasteiger partial charge in [0.2, 0.25) is 0 Å². The van der Waals surface area contributed by atoms with Gasteiger partial charge >= 0.3 is 11.6 Å². The van der Waals surface area contributed by atoms with Gasteiger partial charge in [-0.05, 0) is 31.0 Å². The largest absolute Gasteiger partial charge is 0.481 e. The number of aryl methyl sites for hydroxylation is 1. The second kappa shape index (κ2) is 15.5. The Balaban J connectivity index is 1.68. The average Bonchev–Trinajstić information content (AvgIpc) is 2.78. The highest BCUT2D eigenvalue weighted by molar-refractivity contribution is 5.82. The van der Waals surface area contributed by atoms with Crippen LogP contribution < -0.4 is 10.4 Å². The monoisotopic (exact) mass is 444 g/mol. The SMILES string of the molecule is CCCCCCCCCCCCCCCCc1c(OCC(=O)O)ccc2ccc(=O)oc12. The van der Waals surface area contributed by atoms with Crippen LogP contribution in [0.4, 0.5) is 0 Å². The Bertz CT molecular complexity index is 855. The Hall–Kier alpha value is -2.30. The first-order chi connectivity index (χ1) is 15.6. The highest BCUT2D eigenvalue weighted by Gasteiger charge is 2.13. The van der Waals surface area contributed by atoms with E-state index in [-0.39, 0.29) is 0 Å². The van der Waals surface area contributed by atoms with E-state index in [9.17, 15) is 9.59 Å². The number of fused-ring (bicyclic) bond motifs is 1. The molecule has 0 spiro atoms. The number of unbranched alkanes of at least 4 members (excludes halogenated alkanes) is 13. The fourth-order valence-corrected chi connectivity index (χ4v) is 4.18. The maximum atomic E-state index is 11.7. The summed E-state index contributed by atoms with van der Waals surface area (Å²) in [6.07, 6.45) is 18.8. The zero-order valence-electron chi connectivity index (χ0n) is 19.7. The Morgan fingerprint density at radius 3 is 1.91 bits per heavy atom. The normalized spacial score (nSPS) is 11.2. The number of ether oxygens (including phenoxy) is 1. The van der Waals surface area contributed by atoms with Crippen molar-refractivity contribution in [3.63, 3.8) is 0 Å². The molecule has 0 amide bonds. The Morgan fingerprint density at radius 2 is 1.34 bits per heavy atom. The molecule has 0 aliphatic heterocycles. The van der Waals surface area contributed by atoms with Crippen LogP contribution >= 0.6 is 0 Å². The number of carboxylic acids is 1. The first-order valence-electron chi connectivity index (χ1n) is 12.5. The first kappa shape index (κ1) is 26.0. The molecule has 178 valence electrons. The standard InChI is InChI=1S/C27H40O5/c1-2-3-4-5-6-7-8-9-10-11-12-13-14-15-16-23-24(31-21-25(28)29)19-17-22-18-20-26(30)32-27(22)23/h17-20H,2-16,21H2,1H3,(H,28,29). The predicted octanol–water partition coefficient (Wildman–Crippen LogP) is 7.28. The van der Waals surface area contributed by atoms with Gasteiger partial charge in [0.05, 0.1) is 0 Å². The van der Waals surface area contributed by atoms with Crippen LogP contribution in [0.3, 0.4) is 0 Å². The third-order valence-corrected chi connectivity index (χ3v) is 5.98. The number of carboxylic acid groups (broad SMARTS) is 1. The fraction of sp³-hybridized carbons (Fsp3) is 0.630. The summed E-state index contributed by atoms with van der Waals surface area (Å²) >= 11 is 0. The van der Waals surface area contributed by atoms with Crippen molar-refractivity contribution < 1.29 is 19.1 Å². The van der Waals surface area contributed by atoms with Gasteiger partial charge in [0.25, 0.3) is 0 Å². The van der Waals surface area contributed by atoms with Crippen molar-refractivity contribution in [1.29, 1.82) is 0 Å². The van der Waals surface area contributed by atoms with E-state index in [1.54, 1.807) is 18.2 Å². The van der Waals surface area contributed by atoms with E-state index in [4.69, 9.17) is 14.3 Å². The summed E-state index contributed by atoms with van der Waals surface area (Å²) in [6, 6.07) is 6.70. The molecule has 0 atom stereocenters. The molecule has 0 saturated heterocycles. The minimum atomic E-state index is -1.03. The van der Waals surface area contributed by atoms with E-state index in [2.05, 4.69) is 6.92 Å². The van der Waals surface area contributed by atoms with E-state index in [1.165, 1.54) is 83.1 Å². The first-order valence-corrected chi connectivity index (χ1v) is 12.5. The van der Waals surface area contributed by atoms with Gasteiger partial charge in [-0.15, -0.1) is 0 Å². The number of hydrogen-bond donors (Lipinski definition) is 1. The van der Waals surface area contributed by atoms with Gasteiger partial charge in [0, 0.05) is 17.0 Å². The topological polar surface area (TPSA) is 76.7 Å². The molecular formula is C27H40O5. The zero-order valence-corrected chi connectivity index (χ0v) is 19.7. The van der Waals surface area contributed by atoms with Crippen molar-refractivity contribution >= 4 is 16.9 Å². The van der Waals surface area contributed by atoms with Crippen molar-refractivity contribution in [2.24, 2.45) is 0 Å². The molecule has 32 heavy (non-hydrogen) atoms. The van der Waals surface area contributed by atoms with Crippen LogP contribution in [0.5, 0.6) is 5.75 Å². The van der Waals surface area contributed by atoms with Crippen LogP contribution in [0.2, 0.25) is 0 Å². The third-order valence-electron chi connectivity index (χ3n) is 5.98. The highest BCUT2D eigenvalue weighted by Crippen LogP contribution is 2.29. The summed E-state index contributed by atoms with van der Waals surface area (Å²) in [5.41, 5.74) is 0.894. The maximum absolute atomic E-state index is 11.7. The number of carbonyl (C=O) groups is 1. The average molecular weight is 445 g/mol. The lowest BCUT2D eigenvalue weighted by atomic mass is 10.0. The van der Waals surface area contributed by atoms with Gasteiger partial charge in [-0.1, -0.05) is 90.4 Å². The number of hydrogen-bond acceptors (Lipinski definition) is 4. The summed E-state index contributed by atoms with van der Waals surface area (Å²) in [5, 5.41) is 9.76. The molecule has 1 heterocycles. The minimum absolute atomic E-state index is 0.407. The van der Waals surface area contributed by atoms with Gasteiger partial charge < -0.3 is 14.3 Å². The lowest BCUT2D eigenvalue weighted by Crippen LogP contribution is -2.11. The van der Waals surface area contributed by atoms with Crippen LogP contribution in [0.1, 0.15) is 102 Å². The van der Waals surface area contributed by atoms with E-state index in [0.29, 0.717) is 17.8 Å². The highest BCUT2D eigenvalue weighted by atomic mass is 16.5. The third kappa shape index (κ3) is 9.88. The molecule has 5 heteroatoms. The lowest BCUT2D eigenvalue weighted by Gasteiger charge is -2.12. The Labute approximate surface area is 192 Å². The summed E-state index contributed by atoms with van der Waals surface area (Å²) in [4.78, 5) is 22.6. The fourth-order valence-electron chi connectivity index (χ4n) is 4.18. The smallest absolute Gasteiger partial charge is 0.341 e. The molecule has 1 aromatic carbocycles. The van der Waals surface area contributed by atoms with Crippen molar-refractivity contribution in [2.45, 2.75) is 103 Å². The summed E-state index contributed by atoms with van der Waals surface area (Å²) < 4.78 is 10.9. The molecule has 5 nitrogen and oxygen atoms in total. The zero-order chi connectivity index (χ0) is 23.0. The van der Waals surface area contributed by atoms with Gasteiger partial charge in [0.1, 0.15) is 11.3 Å². The summed E-state index contributed by atoms with van der Waals surface area (Å²) in [5.74, 6) is -0.536. The van der Waals surface area contributed by atoms with E-state index < -0.39 is 18.2 Å². The summed E-state index contributed by atoms with van der Waals surface area (Å²) in [6.45, 7) is 1.85. The van der Waals surface area contributed by atoms with Crippen LogP contribution in [-0.2, 0) is 11.2 Å². The van der Waals surface area contributed by atoms with Crippen molar-refractivity contribution in [3.8, 4) is 5.75 Å². The Morgan fingerprint density at radius 1 is 0.812 bits per heavy atom. The molecule has 0 radical (unpaired) electrons. The minimum Gasteiger partial charge on any atom is -0.481 e. The van der Waals surface area contributed by atoms with Gasteiger partial charge in [-0.3, -0.25) is 0 Å². The molecule has 0 fully saturated rings. The summed E-state index contributed by atoms with van der Waals surface area (Å²) in [7, 11) is 0. The predicted molar refractivity (Wildman–Crippen MR) is 130 cm³/mol. The van der Waals surface area contributed by atoms with E-state index in [0.717, 1.165) is 23.8 Å². The second-order valence-electron chi connectivity index (χ2n) is 8.74. The van der Waals surface area contributed by atoms with Crippen molar-refractivity contribution in [3.05, 3.63) is 40.2 Å². The molecule has 0 aliphatic rings. The van der Waals surface area contributed by atoms with Crippen LogP contribution in [-0.4, -0.2) is 17.7 Å². The molecule has 0 unspecified atom stereocenters. The van der Waals surface area contributed by atoms with Crippen molar-refractivity contribution in [2.75, 3.05) is 6.61 Å². The number of aliphatic carboxylic acids is 1. The molecule has 2 aromatic rings. The molecule has 2 rings (SSSR count). The number of benzene rings is 1. The Kier molecular flexibility index (Phi) is 12.6. The van der Waals surface area contributed by atoms with Crippen LogP contribution in [0, 0.1) is 0 Å². The second-order valence-corrected chi connectivity index (χ2v) is 8.74. The molecule has 1 N–H and O–H groups in total. The maximum Gasteiger partial charge on any atom is 0.341 e. The molecule has 0 saturated carbocycles. The van der Waals surface area contributed by atoms with Gasteiger partial charge in [-0.25, -0.2) is 9.59 Å². The molecular weight excluding hydrogens is 404 g/mol. The van der Waals surface area contributed by atoms with Gasteiger partial charge in [0.15, 0.2) is 6.61 Å². The van der Waals surface area contributed by atoms with Crippen LogP contribution in [0.15, 0.2) is 33.5 Å². The molecule has 0 aliphatic carbocycles. The van der Waals surface area contributed by atoms with Gasteiger partial charge in [-0.2, -0.15) is 0 Å². The quantitative estimate of drug-likeness (QED) is 0.193. The van der Waals surface area contributed by atoms with E-state index >= 15 is 0 Å². The number of rotatable bonds is 18. The molecule has 1 aromatic heterocycles. The van der Waals surface area contributed by atoms with Crippen LogP contribution in [0.25, 0.3) is 11.0 Å². The molecule has 0 bridgehead atoms. The van der Waals surface area contributed by atoms with Crippen molar-refractivity contribution in [1.82, 2.24) is 0 Å².